The van der Waals surface area contributed by atoms with Crippen LogP contribution in [-0.2, 0) is 0 Å². The first-order valence-corrected chi connectivity index (χ1v) is 15.0. The smallest absolute Gasteiger partial charge is 0.0845 e. The highest BCUT2D eigenvalue weighted by molar-refractivity contribution is 5.10. The first-order chi connectivity index (χ1) is 17.1. The lowest BCUT2D eigenvalue weighted by Gasteiger charge is -2.53. The minimum absolute atomic E-state index is 0.190. The van der Waals surface area contributed by atoms with Gasteiger partial charge in [-0.3, -0.25) is 21.4 Å². The summed E-state index contributed by atoms with van der Waals surface area (Å²) in [6.45, 7) is 9.17. The van der Waals surface area contributed by atoms with E-state index >= 15 is 0 Å². The molecule has 3 saturated heterocycles. The predicted octanol–water partition coefficient (Wildman–Crippen LogP) is 1.23. The van der Waals surface area contributed by atoms with Gasteiger partial charge in [0.05, 0.1) is 18.5 Å². The molecule has 0 aromatic carbocycles. The molecule has 6 N–H and O–H groups in total. The molecule has 3 aliphatic heterocycles. The summed E-state index contributed by atoms with van der Waals surface area (Å²) in [4.78, 5) is 2.53. The molecule has 0 spiro atoms. The number of rotatable bonds is 11. The lowest BCUT2D eigenvalue weighted by atomic mass is 9.74. The number of nitrogens with zero attached hydrogens (tertiary/aromatic N) is 2. The summed E-state index contributed by atoms with van der Waals surface area (Å²) < 4.78 is 0. The minimum Gasteiger partial charge on any atom is -0.318 e. The summed E-state index contributed by atoms with van der Waals surface area (Å²) in [5.41, 5.74) is 4.05. The molecule has 0 aromatic rings. The first kappa shape index (κ1) is 26.3. The van der Waals surface area contributed by atoms with Crippen molar-refractivity contribution < 1.29 is 0 Å². The molecule has 2 saturated carbocycles. The fourth-order valence-electron chi connectivity index (χ4n) is 7.52. The second-order valence-corrected chi connectivity index (χ2v) is 12.4. The van der Waals surface area contributed by atoms with Crippen LogP contribution in [0.4, 0.5) is 0 Å². The Bertz CT molecular complexity index is 653. The van der Waals surface area contributed by atoms with E-state index in [1.54, 1.807) is 0 Å². The number of hydrogen-bond donors (Lipinski definition) is 6. The molecule has 5 fully saturated rings. The van der Waals surface area contributed by atoms with Gasteiger partial charge in [0.2, 0.25) is 0 Å². The third kappa shape index (κ3) is 6.06. The van der Waals surface area contributed by atoms with E-state index in [4.69, 9.17) is 0 Å². The fraction of sp³-hybridized carbons (Fsp3) is 1.00. The number of nitrogens with one attached hydrogen (secondary N) is 6. The molecule has 5 aliphatic rings. The molecule has 8 nitrogen and oxygen atoms in total. The summed E-state index contributed by atoms with van der Waals surface area (Å²) in [6, 6.07) is 1.34. The normalized spacial score (nSPS) is 40.8. The first-order valence-electron chi connectivity index (χ1n) is 15.0. The Hall–Kier alpha value is -0.320. The van der Waals surface area contributed by atoms with Crippen molar-refractivity contribution in [2.45, 2.75) is 102 Å². The zero-order valence-corrected chi connectivity index (χ0v) is 22.7. The van der Waals surface area contributed by atoms with E-state index in [-0.39, 0.29) is 5.41 Å². The zero-order chi connectivity index (χ0) is 24.3. The molecule has 7 atom stereocenters. The van der Waals surface area contributed by atoms with Crippen molar-refractivity contribution in [1.29, 1.82) is 0 Å². The van der Waals surface area contributed by atoms with Gasteiger partial charge in [-0.25, -0.2) is 5.01 Å². The number of piperidine rings is 1. The quantitative estimate of drug-likeness (QED) is 0.258. The summed E-state index contributed by atoms with van der Waals surface area (Å²) in [7, 11) is 4.35. The Morgan fingerprint density at radius 2 is 1.94 bits per heavy atom. The topological polar surface area (TPSA) is 78.7 Å². The second kappa shape index (κ2) is 12.0. The Morgan fingerprint density at radius 1 is 1.06 bits per heavy atom. The number of fused-ring (bicyclic) bond motifs is 1. The summed E-state index contributed by atoms with van der Waals surface area (Å²) in [5.74, 6) is 1.52. The van der Waals surface area contributed by atoms with Gasteiger partial charge >= 0.3 is 0 Å². The van der Waals surface area contributed by atoms with Gasteiger partial charge in [0, 0.05) is 50.2 Å². The van der Waals surface area contributed by atoms with Gasteiger partial charge in [0.1, 0.15) is 0 Å². The summed E-state index contributed by atoms with van der Waals surface area (Å²) in [5, 5.41) is 22.1. The maximum Gasteiger partial charge on any atom is 0.0845 e. The van der Waals surface area contributed by atoms with Crippen molar-refractivity contribution in [3.63, 3.8) is 0 Å². The van der Waals surface area contributed by atoms with Crippen LogP contribution >= 0.6 is 0 Å². The molecule has 2 aliphatic carbocycles. The maximum absolute atomic E-state index is 4.20. The molecule has 3 heterocycles. The van der Waals surface area contributed by atoms with Gasteiger partial charge in [-0.1, -0.05) is 19.8 Å². The highest BCUT2D eigenvalue weighted by Gasteiger charge is 2.58. The van der Waals surface area contributed by atoms with Crippen LogP contribution in [-0.4, -0.2) is 93.9 Å². The molecule has 8 heteroatoms. The lowest BCUT2D eigenvalue weighted by Crippen LogP contribution is -2.76. The molecule has 7 unspecified atom stereocenters. The Morgan fingerprint density at radius 3 is 2.69 bits per heavy atom. The van der Waals surface area contributed by atoms with Gasteiger partial charge in [-0.15, -0.1) is 0 Å². The molecular weight excluding hydrogens is 436 g/mol. The average Bonchev–Trinajstić information content (AvgIpc) is 3.66. The van der Waals surface area contributed by atoms with Gasteiger partial charge < -0.3 is 15.5 Å². The van der Waals surface area contributed by atoms with Crippen LogP contribution in [0.3, 0.4) is 0 Å². The molecule has 0 bridgehead atoms. The van der Waals surface area contributed by atoms with Crippen LogP contribution in [0.25, 0.3) is 0 Å². The van der Waals surface area contributed by atoms with Gasteiger partial charge in [-0.2, -0.15) is 0 Å². The van der Waals surface area contributed by atoms with E-state index in [0.29, 0.717) is 30.5 Å². The highest BCUT2D eigenvalue weighted by Crippen LogP contribution is 2.44. The fourth-order valence-corrected chi connectivity index (χ4v) is 7.52. The molecule has 202 valence electrons. The van der Waals surface area contributed by atoms with Crippen LogP contribution in [0, 0.1) is 17.3 Å². The lowest BCUT2D eigenvalue weighted by molar-refractivity contribution is -0.0227. The van der Waals surface area contributed by atoms with Crippen molar-refractivity contribution in [2.24, 2.45) is 17.3 Å². The Kier molecular flexibility index (Phi) is 9.04. The predicted molar refractivity (Wildman–Crippen MR) is 144 cm³/mol. The van der Waals surface area contributed by atoms with Crippen molar-refractivity contribution in [3.8, 4) is 0 Å². The number of likely N-dealkylation sites (N-methyl/N-ethyl adjacent to an activating group) is 2. The van der Waals surface area contributed by atoms with E-state index in [2.05, 4.69) is 62.9 Å². The SMILES string of the molecule is CCC12CNN(C3CC3)C1NC(C1CCCC(CN(C)CCNC)C1)NC2NCC1CCCCN1. The Balaban J connectivity index is 1.27. The molecule has 35 heavy (non-hydrogen) atoms. The largest absolute Gasteiger partial charge is 0.318 e. The van der Waals surface area contributed by atoms with E-state index in [1.165, 1.54) is 77.3 Å². The third-order valence-corrected chi connectivity index (χ3v) is 9.86. The maximum atomic E-state index is 4.20. The van der Waals surface area contributed by atoms with E-state index in [0.717, 1.165) is 38.1 Å². The van der Waals surface area contributed by atoms with Crippen molar-refractivity contribution in [2.75, 3.05) is 53.4 Å². The van der Waals surface area contributed by atoms with E-state index in [1.807, 2.05) is 0 Å². The van der Waals surface area contributed by atoms with Crippen LogP contribution in [0.5, 0.6) is 0 Å². The van der Waals surface area contributed by atoms with Crippen molar-refractivity contribution >= 4 is 0 Å². The number of hydrazine groups is 1. The third-order valence-electron chi connectivity index (χ3n) is 9.86. The van der Waals surface area contributed by atoms with Crippen LogP contribution in [0.1, 0.15) is 71.1 Å². The summed E-state index contributed by atoms with van der Waals surface area (Å²) in [6.07, 6.45) is 14.5. The molecule has 0 radical (unpaired) electrons. The standard InChI is InChI=1S/C27H54N8/c1-4-27-19-31-35(23-11-12-23)26(27)33-24(32-25(27)30-17-22-10-5-6-13-29-22)21-9-7-8-20(16-21)18-34(3)15-14-28-2/h20-26,28-33H,4-19H2,1-3H3. The molecule has 5 rings (SSSR count). The summed E-state index contributed by atoms with van der Waals surface area (Å²) >= 11 is 0. The average molecular weight is 491 g/mol. The van der Waals surface area contributed by atoms with Crippen LogP contribution in [0.2, 0.25) is 0 Å². The Labute approximate surface area is 214 Å². The van der Waals surface area contributed by atoms with Gasteiger partial charge in [0.25, 0.3) is 0 Å². The molecule has 0 aromatic heterocycles. The molecule has 0 amide bonds. The monoisotopic (exact) mass is 490 g/mol. The zero-order valence-electron chi connectivity index (χ0n) is 22.7. The van der Waals surface area contributed by atoms with Crippen LogP contribution < -0.4 is 32.0 Å². The van der Waals surface area contributed by atoms with E-state index < -0.39 is 0 Å². The van der Waals surface area contributed by atoms with Gasteiger partial charge in [0.15, 0.2) is 0 Å². The number of hydrogen-bond acceptors (Lipinski definition) is 8. The van der Waals surface area contributed by atoms with Crippen molar-refractivity contribution in [1.82, 2.24) is 41.9 Å². The van der Waals surface area contributed by atoms with Crippen molar-refractivity contribution in [3.05, 3.63) is 0 Å². The molecular formula is C27H54N8. The van der Waals surface area contributed by atoms with E-state index in [9.17, 15) is 0 Å². The minimum atomic E-state index is 0.190. The van der Waals surface area contributed by atoms with Crippen LogP contribution in [0.15, 0.2) is 0 Å². The highest BCUT2D eigenvalue weighted by atomic mass is 15.6. The second-order valence-electron chi connectivity index (χ2n) is 12.4. The van der Waals surface area contributed by atoms with Gasteiger partial charge in [-0.05, 0) is 83.8 Å².